The molecule has 204 valence electrons. The molecule has 0 saturated heterocycles. The standard InChI is InChI=1S/C32H28N6O3/c1-36-31(39)28-29(34-26-8-4-3-5-9-26)38(21-23-10-14-24(15-11-23)25-7-6-18-33-19-25)35-30(28)37(32(36)40)20-22-12-16-27(41-2)17-13-22/h3-19,34H,20-21H2,1-2H3. The predicted molar refractivity (Wildman–Crippen MR) is 160 cm³/mol. The maximum absolute atomic E-state index is 13.5. The van der Waals surface area contributed by atoms with Gasteiger partial charge in [-0.15, -0.1) is 0 Å². The minimum absolute atomic E-state index is 0.245. The Morgan fingerprint density at radius 1 is 0.805 bits per heavy atom. The van der Waals surface area contributed by atoms with Gasteiger partial charge in [-0.2, -0.15) is 5.10 Å². The Balaban J connectivity index is 1.47. The fraction of sp³-hybridized carbons (Fsp3) is 0.125. The van der Waals surface area contributed by atoms with E-state index in [0.29, 0.717) is 23.4 Å². The predicted octanol–water partition coefficient (Wildman–Crippen LogP) is 4.81. The van der Waals surface area contributed by atoms with Crippen molar-refractivity contribution in [3.63, 3.8) is 0 Å². The molecule has 1 N–H and O–H groups in total. The first-order chi connectivity index (χ1) is 20.0. The molecule has 3 aromatic heterocycles. The molecular weight excluding hydrogens is 516 g/mol. The fourth-order valence-corrected chi connectivity index (χ4v) is 4.83. The van der Waals surface area contributed by atoms with Gasteiger partial charge in [0.15, 0.2) is 5.65 Å². The summed E-state index contributed by atoms with van der Waals surface area (Å²) in [5, 5.41) is 8.58. The molecular formula is C32H28N6O3. The number of rotatable bonds is 8. The van der Waals surface area contributed by atoms with E-state index in [-0.39, 0.29) is 6.54 Å². The van der Waals surface area contributed by atoms with Gasteiger partial charge in [-0.1, -0.05) is 60.7 Å². The number of anilines is 2. The number of para-hydroxylation sites is 1. The van der Waals surface area contributed by atoms with E-state index in [0.717, 1.165) is 38.3 Å². The highest BCUT2D eigenvalue weighted by Crippen LogP contribution is 2.26. The second-order valence-corrected chi connectivity index (χ2v) is 9.72. The third-order valence-electron chi connectivity index (χ3n) is 7.04. The molecule has 0 saturated carbocycles. The molecule has 9 heteroatoms. The number of hydrogen-bond donors (Lipinski definition) is 1. The highest BCUT2D eigenvalue weighted by Gasteiger charge is 2.22. The zero-order chi connectivity index (χ0) is 28.3. The lowest BCUT2D eigenvalue weighted by molar-refractivity contribution is 0.414. The van der Waals surface area contributed by atoms with Crippen LogP contribution in [0.15, 0.2) is 113 Å². The van der Waals surface area contributed by atoms with Gasteiger partial charge >= 0.3 is 5.69 Å². The molecule has 0 fully saturated rings. The van der Waals surface area contributed by atoms with Gasteiger partial charge in [0.05, 0.1) is 20.2 Å². The van der Waals surface area contributed by atoms with Crippen LogP contribution in [0.1, 0.15) is 11.1 Å². The summed E-state index contributed by atoms with van der Waals surface area (Å²) in [5.41, 5.74) is 4.23. The Kier molecular flexibility index (Phi) is 6.91. The van der Waals surface area contributed by atoms with Gasteiger partial charge in [-0.3, -0.25) is 18.9 Å². The van der Waals surface area contributed by atoms with Crippen LogP contribution < -0.4 is 21.3 Å². The maximum Gasteiger partial charge on any atom is 0.332 e. The Bertz CT molecular complexity index is 1930. The van der Waals surface area contributed by atoms with E-state index in [9.17, 15) is 9.59 Å². The lowest BCUT2D eigenvalue weighted by Gasteiger charge is -2.11. The summed E-state index contributed by atoms with van der Waals surface area (Å²) in [6.07, 6.45) is 3.58. The van der Waals surface area contributed by atoms with Crippen molar-refractivity contribution in [3.8, 4) is 16.9 Å². The van der Waals surface area contributed by atoms with Crippen LogP contribution in [-0.4, -0.2) is 31.0 Å². The molecule has 6 rings (SSSR count). The van der Waals surface area contributed by atoms with Gasteiger partial charge in [0.25, 0.3) is 5.56 Å². The lowest BCUT2D eigenvalue weighted by atomic mass is 10.1. The fourth-order valence-electron chi connectivity index (χ4n) is 4.83. The number of aromatic nitrogens is 5. The largest absolute Gasteiger partial charge is 0.497 e. The maximum atomic E-state index is 13.5. The van der Waals surface area contributed by atoms with E-state index in [4.69, 9.17) is 9.84 Å². The van der Waals surface area contributed by atoms with Crippen LogP contribution in [0.2, 0.25) is 0 Å². The van der Waals surface area contributed by atoms with Crippen LogP contribution in [0.25, 0.3) is 22.2 Å². The first-order valence-corrected chi connectivity index (χ1v) is 13.2. The first kappa shape index (κ1) is 25.8. The van der Waals surface area contributed by atoms with Crippen molar-refractivity contribution < 1.29 is 4.74 Å². The number of hydrogen-bond acceptors (Lipinski definition) is 6. The van der Waals surface area contributed by atoms with Crippen molar-refractivity contribution in [2.24, 2.45) is 7.05 Å². The third kappa shape index (κ3) is 5.12. The molecule has 3 heterocycles. The molecule has 0 spiro atoms. The van der Waals surface area contributed by atoms with E-state index < -0.39 is 11.2 Å². The highest BCUT2D eigenvalue weighted by molar-refractivity contribution is 5.89. The molecule has 0 aliphatic carbocycles. The Hall–Kier alpha value is -5.44. The monoisotopic (exact) mass is 544 g/mol. The molecule has 0 unspecified atom stereocenters. The normalized spacial score (nSPS) is 11.1. The molecule has 0 bridgehead atoms. The first-order valence-electron chi connectivity index (χ1n) is 13.2. The van der Waals surface area contributed by atoms with E-state index in [1.165, 1.54) is 11.6 Å². The number of ether oxygens (including phenoxy) is 1. The Morgan fingerprint density at radius 2 is 1.51 bits per heavy atom. The minimum atomic E-state index is -0.435. The summed E-state index contributed by atoms with van der Waals surface area (Å²) in [7, 11) is 3.10. The second-order valence-electron chi connectivity index (χ2n) is 9.72. The molecule has 0 aliphatic heterocycles. The topological polar surface area (TPSA) is 96.0 Å². The summed E-state index contributed by atoms with van der Waals surface area (Å²) >= 11 is 0. The summed E-state index contributed by atoms with van der Waals surface area (Å²) in [5.74, 6) is 1.24. The SMILES string of the molecule is COc1ccc(Cn2c(=O)n(C)c(=O)c3c(Nc4ccccc4)n(Cc4ccc(-c5cccnc5)cc4)nc32)cc1. The lowest BCUT2D eigenvalue weighted by Crippen LogP contribution is -2.38. The van der Waals surface area contributed by atoms with Crippen LogP contribution in [0.3, 0.4) is 0 Å². The van der Waals surface area contributed by atoms with Gasteiger partial charge in [0.2, 0.25) is 0 Å². The number of nitrogens with zero attached hydrogens (tertiary/aromatic N) is 5. The van der Waals surface area contributed by atoms with Gasteiger partial charge in [-0.05, 0) is 52.6 Å². The summed E-state index contributed by atoms with van der Waals surface area (Å²) in [6, 6.07) is 29.1. The number of fused-ring (bicyclic) bond motifs is 1. The molecule has 3 aromatic carbocycles. The second kappa shape index (κ2) is 11.0. The van der Waals surface area contributed by atoms with Crippen LogP contribution in [0.5, 0.6) is 5.75 Å². The van der Waals surface area contributed by atoms with Crippen molar-refractivity contribution in [1.29, 1.82) is 0 Å². The zero-order valence-corrected chi connectivity index (χ0v) is 22.7. The van der Waals surface area contributed by atoms with Crippen molar-refractivity contribution in [2.45, 2.75) is 13.1 Å². The van der Waals surface area contributed by atoms with Crippen LogP contribution in [0, 0.1) is 0 Å². The van der Waals surface area contributed by atoms with Gasteiger partial charge in [-0.25, -0.2) is 9.48 Å². The smallest absolute Gasteiger partial charge is 0.332 e. The zero-order valence-electron chi connectivity index (χ0n) is 22.7. The van der Waals surface area contributed by atoms with Gasteiger partial charge < -0.3 is 10.1 Å². The quantitative estimate of drug-likeness (QED) is 0.296. The summed E-state index contributed by atoms with van der Waals surface area (Å²) in [4.78, 5) is 31.1. The van der Waals surface area contributed by atoms with E-state index in [1.807, 2.05) is 97.2 Å². The molecule has 9 nitrogen and oxygen atoms in total. The van der Waals surface area contributed by atoms with E-state index in [1.54, 1.807) is 18.0 Å². The van der Waals surface area contributed by atoms with Crippen LogP contribution >= 0.6 is 0 Å². The van der Waals surface area contributed by atoms with Crippen molar-refractivity contribution in [2.75, 3.05) is 12.4 Å². The number of pyridine rings is 1. The average molecular weight is 545 g/mol. The highest BCUT2D eigenvalue weighted by atomic mass is 16.5. The van der Waals surface area contributed by atoms with E-state index in [2.05, 4.69) is 10.3 Å². The Labute approximate surface area is 235 Å². The van der Waals surface area contributed by atoms with Gasteiger partial charge in [0.1, 0.15) is 17.0 Å². The number of methoxy groups -OCH3 is 1. The number of nitrogens with one attached hydrogen (secondary N) is 1. The van der Waals surface area contributed by atoms with Crippen LogP contribution in [-0.2, 0) is 20.1 Å². The van der Waals surface area contributed by atoms with Crippen molar-refractivity contribution in [3.05, 3.63) is 135 Å². The average Bonchev–Trinajstić information content (AvgIpc) is 3.37. The van der Waals surface area contributed by atoms with Crippen molar-refractivity contribution in [1.82, 2.24) is 23.9 Å². The molecule has 0 aliphatic rings. The molecule has 0 atom stereocenters. The Morgan fingerprint density at radius 3 is 2.20 bits per heavy atom. The number of benzene rings is 3. The van der Waals surface area contributed by atoms with Crippen LogP contribution in [0.4, 0.5) is 11.5 Å². The van der Waals surface area contributed by atoms with Crippen molar-refractivity contribution >= 4 is 22.5 Å². The summed E-state index contributed by atoms with van der Waals surface area (Å²) in [6.45, 7) is 0.631. The third-order valence-corrected chi connectivity index (χ3v) is 7.04. The minimum Gasteiger partial charge on any atom is -0.497 e. The molecule has 6 aromatic rings. The molecule has 41 heavy (non-hydrogen) atoms. The molecule has 0 radical (unpaired) electrons. The van der Waals surface area contributed by atoms with Gasteiger partial charge in [0, 0.05) is 25.1 Å². The summed E-state index contributed by atoms with van der Waals surface area (Å²) < 4.78 is 9.70. The molecule has 0 amide bonds. The van der Waals surface area contributed by atoms with E-state index >= 15 is 0 Å².